The molecule has 18 heteroatoms. The molecule has 1 saturated carbocycles. The van der Waals surface area contributed by atoms with Crippen molar-refractivity contribution in [1.29, 1.82) is 0 Å². The van der Waals surface area contributed by atoms with Gasteiger partial charge in [0, 0.05) is 12.8 Å². The van der Waals surface area contributed by atoms with Crippen LogP contribution in [-0.2, 0) is 41.8 Å². The predicted octanol–water partition coefficient (Wildman–Crippen LogP) is 7.84. The molecule has 350 valence electrons. The Hall–Kier alpha value is -1.00. The molecule has 1 aliphatic rings. The van der Waals surface area contributed by atoms with Crippen molar-refractivity contribution >= 4 is 27.6 Å². The lowest BCUT2D eigenvalue weighted by molar-refractivity contribution is -0.216. The summed E-state index contributed by atoms with van der Waals surface area (Å²) >= 11 is 0. The second-order valence-electron chi connectivity index (χ2n) is 16.1. The van der Waals surface area contributed by atoms with Gasteiger partial charge in [-0.1, -0.05) is 168 Å². The number of phosphoric ester groups is 2. The molecule has 0 amide bonds. The summed E-state index contributed by atoms with van der Waals surface area (Å²) in [5.74, 6) is -1.19. The minimum atomic E-state index is -5.35. The zero-order valence-corrected chi connectivity index (χ0v) is 37.7. The molecule has 8 atom stereocenters. The maximum atomic E-state index is 12.9. The van der Waals surface area contributed by atoms with E-state index in [-0.39, 0.29) is 12.8 Å². The number of carbonyl (C=O) groups excluding carboxylic acids is 2. The van der Waals surface area contributed by atoms with E-state index in [2.05, 4.69) is 18.4 Å². The minimum absolute atomic E-state index is 0.0517. The number of hydrogen-bond donors (Lipinski definition) is 7. The van der Waals surface area contributed by atoms with Crippen molar-refractivity contribution in [2.45, 2.75) is 236 Å². The Kier molecular flexibility index (Phi) is 31.8. The number of hydrogen-bond acceptors (Lipinski definition) is 13. The fourth-order valence-corrected chi connectivity index (χ4v) is 8.68. The Labute approximate surface area is 353 Å². The van der Waals surface area contributed by atoms with Crippen LogP contribution >= 0.6 is 15.6 Å². The van der Waals surface area contributed by atoms with Crippen molar-refractivity contribution in [2.24, 2.45) is 0 Å². The van der Waals surface area contributed by atoms with Crippen LogP contribution in [0.1, 0.15) is 194 Å². The van der Waals surface area contributed by atoms with Gasteiger partial charge in [0.05, 0.1) is 6.61 Å². The lowest BCUT2D eigenvalue weighted by Gasteiger charge is -2.43. The largest absolute Gasteiger partial charge is 0.472 e. The maximum Gasteiger partial charge on any atom is 0.472 e. The first kappa shape index (κ1) is 56.0. The number of esters is 2. The highest BCUT2D eigenvalue weighted by molar-refractivity contribution is 7.47. The summed E-state index contributed by atoms with van der Waals surface area (Å²) in [5.41, 5.74) is 0. The molecule has 0 spiro atoms. The third-order valence-electron chi connectivity index (χ3n) is 10.7. The molecule has 0 aliphatic heterocycles. The molecule has 1 unspecified atom stereocenters. The van der Waals surface area contributed by atoms with Crippen LogP contribution in [0.5, 0.6) is 0 Å². The lowest BCUT2D eigenvalue weighted by Crippen LogP contribution is -2.64. The van der Waals surface area contributed by atoms with Crippen LogP contribution in [0, 0.1) is 0 Å². The first-order valence-electron chi connectivity index (χ1n) is 22.6. The Balaban J connectivity index is 2.61. The monoisotopic (exact) mass is 890 g/mol. The topological polar surface area (TPSA) is 256 Å². The number of carbonyl (C=O) groups is 2. The maximum absolute atomic E-state index is 12.9. The highest BCUT2D eigenvalue weighted by Crippen LogP contribution is 2.49. The minimum Gasteiger partial charge on any atom is -0.462 e. The van der Waals surface area contributed by atoms with Gasteiger partial charge in [-0.3, -0.25) is 23.2 Å². The lowest BCUT2D eigenvalue weighted by atomic mass is 9.85. The van der Waals surface area contributed by atoms with Crippen LogP contribution in [0.4, 0.5) is 0 Å². The molecule has 1 rings (SSSR count). The smallest absolute Gasteiger partial charge is 0.462 e. The van der Waals surface area contributed by atoms with Crippen molar-refractivity contribution in [3.63, 3.8) is 0 Å². The molecule has 7 N–H and O–H groups in total. The average molecular weight is 891 g/mol. The van der Waals surface area contributed by atoms with Gasteiger partial charge < -0.3 is 44.6 Å². The highest BCUT2D eigenvalue weighted by atomic mass is 31.2. The Morgan fingerprint density at radius 2 is 0.831 bits per heavy atom. The third-order valence-corrected chi connectivity index (χ3v) is 12.2. The van der Waals surface area contributed by atoms with Gasteiger partial charge in [0.2, 0.25) is 0 Å². The van der Waals surface area contributed by atoms with Crippen LogP contribution in [0.25, 0.3) is 0 Å². The third kappa shape index (κ3) is 28.3. The van der Waals surface area contributed by atoms with Gasteiger partial charge in [0.25, 0.3) is 0 Å². The van der Waals surface area contributed by atoms with E-state index in [1.54, 1.807) is 0 Å². The summed E-state index contributed by atoms with van der Waals surface area (Å²) < 4.78 is 49.3. The zero-order chi connectivity index (χ0) is 43.9. The van der Waals surface area contributed by atoms with Gasteiger partial charge in [0.1, 0.15) is 43.2 Å². The first-order valence-corrected chi connectivity index (χ1v) is 25.6. The molecule has 0 aromatic rings. The summed E-state index contributed by atoms with van der Waals surface area (Å²) in [5, 5.41) is 41.1. The van der Waals surface area contributed by atoms with Crippen molar-refractivity contribution in [3.8, 4) is 0 Å². The Bertz CT molecular complexity index is 1170. The summed E-state index contributed by atoms with van der Waals surface area (Å²) in [7, 11) is -10.6. The molecule has 1 aliphatic carbocycles. The van der Waals surface area contributed by atoms with Crippen molar-refractivity contribution in [1.82, 2.24) is 0 Å². The van der Waals surface area contributed by atoms with Gasteiger partial charge in [-0.25, -0.2) is 9.13 Å². The van der Waals surface area contributed by atoms with E-state index in [9.17, 15) is 44.0 Å². The number of unbranched alkanes of at least 4 members (excludes halogenated alkanes) is 24. The standard InChI is InChI=1S/C41H80O16P2/c1-3-5-7-9-11-13-15-17-19-21-23-25-27-29-34(42)53-31-33(55-35(43)30-28-26-24-22-20-18-16-14-12-10-8-6-4-2)32-54-59(51,52)57-41-38(46)36(44)37(45)40(39(41)47)56-58(48,49)50/h33,36-41,44-47H,3-32H2,1-2H3,(H,51,52)(H2,48,49,50)/t33-,36+,37+,38-,39-,40-,41+/m1/s1. The molecule has 0 radical (unpaired) electrons. The highest BCUT2D eigenvalue weighted by Gasteiger charge is 2.54. The van der Waals surface area contributed by atoms with Crippen LogP contribution in [0.2, 0.25) is 0 Å². The molecule has 0 saturated heterocycles. The SMILES string of the molecule is CCCCCCCCCCCCCCCC(=O)OC[C@H](COP(=O)(O)O[C@@H]1[C@H](O)[C@H](OP(=O)(O)O)[C@@H](O)[C@H](O)[C@H]1O)OC(=O)CCCCCCCCCCCCCCC. The van der Waals surface area contributed by atoms with Crippen molar-refractivity contribution in [2.75, 3.05) is 13.2 Å². The second-order valence-corrected chi connectivity index (χ2v) is 18.7. The fraction of sp³-hybridized carbons (Fsp3) is 0.951. The van der Waals surface area contributed by atoms with Gasteiger partial charge in [0.15, 0.2) is 6.10 Å². The normalized spacial score (nSPS) is 22.5. The summed E-state index contributed by atoms with van der Waals surface area (Å²) in [6.45, 7) is 3.11. The molecule has 0 heterocycles. The van der Waals surface area contributed by atoms with Crippen LogP contribution < -0.4 is 0 Å². The predicted molar refractivity (Wildman–Crippen MR) is 223 cm³/mol. The number of aliphatic hydroxyl groups is 4. The zero-order valence-electron chi connectivity index (χ0n) is 36.0. The molecule has 0 aromatic carbocycles. The first-order chi connectivity index (χ1) is 28.1. The van der Waals surface area contributed by atoms with Gasteiger partial charge >= 0.3 is 27.6 Å². The van der Waals surface area contributed by atoms with Gasteiger partial charge in [-0.2, -0.15) is 0 Å². The molecule has 0 bridgehead atoms. The number of rotatable bonds is 38. The number of ether oxygens (including phenoxy) is 2. The van der Waals surface area contributed by atoms with E-state index in [1.807, 2.05) is 0 Å². The summed E-state index contributed by atoms with van der Waals surface area (Å²) in [6, 6.07) is 0. The second kappa shape index (κ2) is 33.5. The van der Waals surface area contributed by atoms with E-state index < -0.39 is 83.5 Å². The van der Waals surface area contributed by atoms with E-state index in [0.29, 0.717) is 12.8 Å². The molecule has 59 heavy (non-hydrogen) atoms. The number of aliphatic hydroxyl groups excluding tert-OH is 4. The van der Waals surface area contributed by atoms with E-state index in [4.69, 9.17) is 28.3 Å². The summed E-state index contributed by atoms with van der Waals surface area (Å²) in [6.07, 6.45) is 15.0. The van der Waals surface area contributed by atoms with Gasteiger partial charge in [-0.15, -0.1) is 0 Å². The van der Waals surface area contributed by atoms with E-state index >= 15 is 0 Å². The quantitative estimate of drug-likeness (QED) is 0.0177. The molecular weight excluding hydrogens is 810 g/mol. The summed E-state index contributed by atoms with van der Waals surface area (Å²) in [4.78, 5) is 54.1. The van der Waals surface area contributed by atoms with E-state index in [1.165, 1.54) is 103 Å². The van der Waals surface area contributed by atoms with Crippen LogP contribution in [0.3, 0.4) is 0 Å². The molecular formula is C41H80O16P2. The molecule has 0 aromatic heterocycles. The van der Waals surface area contributed by atoms with Crippen LogP contribution in [0.15, 0.2) is 0 Å². The average Bonchev–Trinajstić information content (AvgIpc) is 3.18. The van der Waals surface area contributed by atoms with Gasteiger partial charge in [-0.05, 0) is 12.8 Å². The fourth-order valence-electron chi connectivity index (χ4n) is 7.14. The molecule has 1 fully saturated rings. The number of phosphoric acid groups is 2. The molecule has 16 nitrogen and oxygen atoms in total. The van der Waals surface area contributed by atoms with Crippen LogP contribution in [-0.4, -0.2) is 103 Å². The Morgan fingerprint density at radius 1 is 0.475 bits per heavy atom. The van der Waals surface area contributed by atoms with Crippen molar-refractivity contribution in [3.05, 3.63) is 0 Å². The van der Waals surface area contributed by atoms with E-state index in [0.717, 1.165) is 51.4 Å². The Morgan fingerprint density at radius 3 is 1.22 bits per heavy atom. The van der Waals surface area contributed by atoms with Crippen molar-refractivity contribution < 1.29 is 76.9 Å².